The zero-order valence-electron chi connectivity index (χ0n) is 17.3. The van der Waals surface area contributed by atoms with Crippen LogP contribution in [0.5, 0.6) is 0 Å². The number of benzene rings is 3. The molecule has 152 valence electrons. The quantitative estimate of drug-likeness (QED) is 0.644. The Morgan fingerprint density at radius 1 is 0.833 bits per heavy atom. The third kappa shape index (κ3) is 3.86. The Balaban J connectivity index is 1.41. The van der Waals surface area contributed by atoms with Crippen LogP contribution in [0.15, 0.2) is 78.9 Å². The Bertz CT molecular complexity index is 1020. The fourth-order valence-electron chi connectivity index (χ4n) is 4.23. The van der Waals surface area contributed by atoms with E-state index in [1.807, 2.05) is 68.6 Å². The second-order valence-electron chi connectivity index (χ2n) is 7.78. The summed E-state index contributed by atoms with van der Waals surface area (Å²) in [6.07, 6.45) is 0.362. The van der Waals surface area contributed by atoms with Gasteiger partial charge in [-0.3, -0.25) is 9.59 Å². The van der Waals surface area contributed by atoms with Gasteiger partial charge < -0.3 is 10.2 Å². The molecule has 0 fully saturated rings. The molecule has 1 atom stereocenters. The molecular weight excluding hydrogens is 372 g/mol. The number of amides is 2. The summed E-state index contributed by atoms with van der Waals surface area (Å²) >= 11 is 0. The Kier molecular flexibility index (Phi) is 5.66. The second kappa shape index (κ2) is 8.54. The van der Waals surface area contributed by atoms with E-state index in [1.54, 1.807) is 4.90 Å². The van der Waals surface area contributed by atoms with Crippen LogP contribution in [-0.2, 0) is 9.59 Å². The van der Waals surface area contributed by atoms with Crippen molar-refractivity contribution in [2.75, 3.05) is 7.05 Å². The van der Waals surface area contributed by atoms with Gasteiger partial charge in [0.15, 0.2) is 0 Å². The van der Waals surface area contributed by atoms with E-state index < -0.39 is 0 Å². The van der Waals surface area contributed by atoms with Gasteiger partial charge in [-0.2, -0.15) is 0 Å². The first kappa shape index (κ1) is 19.9. The van der Waals surface area contributed by atoms with Crippen LogP contribution in [0.3, 0.4) is 0 Å². The molecule has 4 heteroatoms. The zero-order valence-corrected chi connectivity index (χ0v) is 17.3. The van der Waals surface area contributed by atoms with E-state index in [2.05, 4.69) is 29.6 Å². The maximum Gasteiger partial charge on any atom is 0.223 e. The van der Waals surface area contributed by atoms with Crippen molar-refractivity contribution in [1.29, 1.82) is 0 Å². The second-order valence-corrected chi connectivity index (χ2v) is 7.78. The maximum atomic E-state index is 13.0. The summed E-state index contributed by atoms with van der Waals surface area (Å²) < 4.78 is 0. The molecule has 3 aromatic carbocycles. The summed E-state index contributed by atoms with van der Waals surface area (Å²) in [7, 11) is 1.83. The Labute approximate surface area is 177 Å². The summed E-state index contributed by atoms with van der Waals surface area (Å²) in [5.74, 6) is -0.144. The standard InChI is InChI=1S/C26H26N2O2/c1-18(19-10-4-3-5-11-19)27-24(29)16-17-25(30)28(2)26-22-14-8-6-12-20(22)21-13-7-9-15-23(21)26/h3-15,18,26H,16-17H2,1-2H3,(H,27,29). The van der Waals surface area contributed by atoms with E-state index in [4.69, 9.17) is 0 Å². The maximum absolute atomic E-state index is 13.0. The van der Waals surface area contributed by atoms with Crippen LogP contribution >= 0.6 is 0 Å². The smallest absolute Gasteiger partial charge is 0.223 e. The number of nitrogens with zero attached hydrogens (tertiary/aromatic N) is 1. The number of carbonyl (C=O) groups is 2. The van der Waals surface area contributed by atoms with Crippen LogP contribution in [0.4, 0.5) is 0 Å². The first-order valence-corrected chi connectivity index (χ1v) is 10.3. The highest BCUT2D eigenvalue weighted by Crippen LogP contribution is 2.45. The van der Waals surface area contributed by atoms with Gasteiger partial charge in [-0.25, -0.2) is 0 Å². The first-order chi connectivity index (χ1) is 14.6. The van der Waals surface area contributed by atoms with Crippen LogP contribution in [-0.4, -0.2) is 23.8 Å². The molecule has 2 amide bonds. The van der Waals surface area contributed by atoms with Crippen LogP contribution < -0.4 is 5.32 Å². The summed E-state index contributed by atoms with van der Waals surface area (Å²) in [6.45, 7) is 1.95. The molecule has 1 N–H and O–H groups in total. The van der Waals surface area contributed by atoms with Gasteiger partial charge in [-0.15, -0.1) is 0 Å². The third-order valence-corrected chi connectivity index (χ3v) is 5.82. The van der Waals surface area contributed by atoms with Crippen molar-refractivity contribution in [3.63, 3.8) is 0 Å². The van der Waals surface area contributed by atoms with Crippen molar-refractivity contribution < 1.29 is 9.59 Å². The van der Waals surface area contributed by atoms with Crippen LogP contribution in [0, 0.1) is 0 Å². The highest BCUT2D eigenvalue weighted by molar-refractivity contribution is 5.86. The van der Waals surface area contributed by atoms with E-state index in [0.717, 1.165) is 16.7 Å². The summed E-state index contributed by atoms with van der Waals surface area (Å²) in [4.78, 5) is 27.1. The van der Waals surface area contributed by atoms with Gasteiger partial charge in [-0.05, 0) is 34.7 Å². The number of carbonyl (C=O) groups excluding carboxylic acids is 2. The number of hydrogen-bond acceptors (Lipinski definition) is 2. The molecule has 0 aromatic heterocycles. The number of rotatable bonds is 6. The molecule has 1 unspecified atom stereocenters. The summed E-state index contributed by atoms with van der Waals surface area (Å²) in [5, 5.41) is 2.98. The van der Waals surface area contributed by atoms with E-state index >= 15 is 0 Å². The lowest BCUT2D eigenvalue weighted by Crippen LogP contribution is -2.33. The first-order valence-electron chi connectivity index (χ1n) is 10.3. The fraction of sp³-hybridized carbons (Fsp3) is 0.231. The van der Waals surface area contributed by atoms with Gasteiger partial charge in [0.1, 0.15) is 0 Å². The highest BCUT2D eigenvalue weighted by Gasteiger charge is 2.33. The van der Waals surface area contributed by atoms with E-state index in [9.17, 15) is 9.59 Å². The third-order valence-electron chi connectivity index (χ3n) is 5.82. The lowest BCUT2D eigenvalue weighted by molar-refractivity contribution is -0.133. The monoisotopic (exact) mass is 398 g/mol. The zero-order chi connectivity index (χ0) is 21.1. The predicted octanol–water partition coefficient (Wildman–Crippen LogP) is 4.87. The number of nitrogens with one attached hydrogen (secondary N) is 1. The Morgan fingerprint density at radius 2 is 1.37 bits per heavy atom. The van der Waals surface area contributed by atoms with Crippen molar-refractivity contribution in [1.82, 2.24) is 10.2 Å². The average molecular weight is 399 g/mol. The minimum absolute atomic E-state index is 0.0333. The van der Waals surface area contributed by atoms with Crippen molar-refractivity contribution >= 4 is 11.8 Å². The molecule has 30 heavy (non-hydrogen) atoms. The van der Waals surface area contributed by atoms with Crippen LogP contribution in [0.1, 0.15) is 48.5 Å². The Hall–Kier alpha value is -3.40. The van der Waals surface area contributed by atoms with Crippen molar-refractivity contribution in [3.05, 3.63) is 95.6 Å². The minimum Gasteiger partial charge on any atom is -0.350 e. The van der Waals surface area contributed by atoms with E-state index in [0.29, 0.717) is 0 Å². The number of hydrogen-bond donors (Lipinski definition) is 1. The van der Waals surface area contributed by atoms with Crippen molar-refractivity contribution in [3.8, 4) is 11.1 Å². The molecule has 4 nitrogen and oxygen atoms in total. The molecule has 3 aromatic rings. The van der Waals surface area contributed by atoms with Gasteiger partial charge in [0.2, 0.25) is 11.8 Å². The van der Waals surface area contributed by atoms with Crippen LogP contribution in [0.2, 0.25) is 0 Å². The van der Waals surface area contributed by atoms with Gasteiger partial charge in [-0.1, -0.05) is 78.9 Å². The average Bonchev–Trinajstić information content (AvgIpc) is 3.12. The molecule has 0 saturated heterocycles. The molecule has 0 bridgehead atoms. The minimum atomic E-state index is -0.115. The van der Waals surface area contributed by atoms with Crippen molar-refractivity contribution in [2.45, 2.75) is 31.8 Å². The van der Waals surface area contributed by atoms with Crippen LogP contribution in [0.25, 0.3) is 11.1 Å². The molecular formula is C26H26N2O2. The lowest BCUT2D eigenvalue weighted by Gasteiger charge is -2.27. The van der Waals surface area contributed by atoms with Gasteiger partial charge in [0, 0.05) is 19.9 Å². The van der Waals surface area contributed by atoms with E-state index in [-0.39, 0.29) is 36.7 Å². The van der Waals surface area contributed by atoms with Crippen molar-refractivity contribution in [2.24, 2.45) is 0 Å². The van der Waals surface area contributed by atoms with Gasteiger partial charge >= 0.3 is 0 Å². The molecule has 0 aliphatic heterocycles. The van der Waals surface area contributed by atoms with E-state index in [1.165, 1.54) is 11.1 Å². The normalized spacial score (nSPS) is 13.3. The number of fused-ring (bicyclic) bond motifs is 3. The molecule has 1 aliphatic rings. The SMILES string of the molecule is CC(NC(=O)CCC(=O)N(C)C1c2ccccc2-c2ccccc21)c1ccccc1. The molecule has 0 saturated carbocycles. The topological polar surface area (TPSA) is 49.4 Å². The fourth-order valence-corrected chi connectivity index (χ4v) is 4.23. The molecule has 4 rings (SSSR count). The lowest BCUT2D eigenvalue weighted by atomic mass is 10.0. The summed E-state index contributed by atoms with van der Waals surface area (Å²) in [6, 6.07) is 26.1. The largest absolute Gasteiger partial charge is 0.350 e. The predicted molar refractivity (Wildman–Crippen MR) is 119 cm³/mol. The van der Waals surface area contributed by atoms with Gasteiger partial charge in [0.05, 0.1) is 12.1 Å². The molecule has 0 spiro atoms. The highest BCUT2D eigenvalue weighted by atomic mass is 16.2. The molecule has 1 aliphatic carbocycles. The summed E-state index contributed by atoms with van der Waals surface area (Å²) in [5.41, 5.74) is 5.67. The van der Waals surface area contributed by atoms with Gasteiger partial charge in [0.25, 0.3) is 0 Å². The Morgan fingerprint density at radius 3 is 1.97 bits per heavy atom. The molecule has 0 radical (unpaired) electrons. The molecule has 0 heterocycles.